The van der Waals surface area contributed by atoms with Gasteiger partial charge in [0, 0.05) is 12.1 Å². The fourth-order valence-electron chi connectivity index (χ4n) is 1.53. The Morgan fingerprint density at radius 3 is 3.12 bits per heavy atom. The average Bonchev–Trinajstić information content (AvgIpc) is 2.70. The molecular formula is C10H12N4O2. The molecule has 0 spiro atoms. The lowest BCUT2D eigenvalue weighted by Crippen LogP contribution is -2.06. The zero-order chi connectivity index (χ0) is 11.5. The lowest BCUT2D eigenvalue weighted by Gasteiger charge is -2.01. The van der Waals surface area contributed by atoms with E-state index in [1.165, 1.54) is 13.4 Å². The highest BCUT2D eigenvalue weighted by molar-refractivity contribution is 5.70. The molecule has 0 unspecified atom stereocenters. The number of ether oxygens (including phenoxy) is 1. The van der Waals surface area contributed by atoms with Gasteiger partial charge in [0.2, 0.25) is 0 Å². The molecule has 16 heavy (non-hydrogen) atoms. The summed E-state index contributed by atoms with van der Waals surface area (Å²) < 4.78 is 6.26. The Labute approximate surface area is 92.0 Å². The number of aromatic nitrogens is 3. The van der Waals surface area contributed by atoms with Gasteiger partial charge in [-0.1, -0.05) is 0 Å². The molecule has 0 aromatic carbocycles. The maximum Gasteiger partial charge on any atom is 0.305 e. The number of anilines is 1. The minimum absolute atomic E-state index is 0.239. The first-order valence-corrected chi connectivity index (χ1v) is 4.86. The van der Waals surface area contributed by atoms with Crippen molar-refractivity contribution in [2.45, 2.75) is 12.8 Å². The normalized spacial score (nSPS) is 10.6. The van der Waals surface area contributed by atoms with E-state index in [2.05, 4.69) is 14.8 Å². The molecule has 0 aliphatic rings. The van der Waals surface area contributed by atoms with E-state index in [-0.39, 0.29) is 5.97 Å². The van der Waals surface area contributed by atoms with Crippen LogP contribution in [0.25, 0.3) is 5.52 Å². The molecular weight excluding hydrogens is 208 g/mol. The molecule has 0 aliphatic carbocycles. The number of rotatable bonds is 3. The Morgan fingerprint density at radius 2 is 2.38 bits per heavy atom. The smallest absolute Gasteiger partial charge is 0.305 e. The number of esters is 1. The molecule has 84 valence electrons. The van der Waals surface area contributed by atoms with Gasteiger partial charge in [-0.05, 0) is 12.1 Å². The van der Waals surface area contributed by atoms with Crippen LogP contribution in [0, 0.1) is 0 Å². The number of hydrogen-bond acceptors (Lipinski definition) is 5. The summed E-state index contributed by atoms with van der Waals surface area (Å²) >= 11 is 0. The molecule has 0 saturated heterocycles. The molecule has 0 saturated carbocycles. The highest BCUT2D eigenvalue weighted by Crippen LogP contribution is 2.14. The summed E-state index contributed by atoms with van der Waals surface area (Å²) in [5, 5.41) is 4.08. The zero-order valence-electron chi connectivity index (χ0n) is 8.88. The first kappa shape index (κ1) is 10.4. The molecule has 0 atom stereocenters. The third-order valence-corrected chi connectivity index (χ3v) is 2.37. The fourth-order valence-corrected chi connectivity index (χ4v) is 1.53. The second kappa shape index (κ2) is 4.18. The van der Waals surface area contributed by atoms with Crippen molar-refractivity contribution in [2.75, 3.05) is 12.8 Å². The van der Waals surface area contributed by atoms with E-state index >= 15 is 0 Å². The molecule has 0 radical (unpaired) electrons. The molecule has 6 heteroatoms. The molecule has 0 bridgehead atoms. The Hall–Kier alpha value is -2.11. The summed E-state index contributed by atoms with van der Waals surface area (Å²) in [6, 6.07) is 3.71. The Morgan fingerprint density at radius 1 is 1.56 bits per heavy atom. The summed E-state index contributed by atoms with van der Waals surface area (Å²) in [6.45, 7) is 0. The van der Waals surface area contributed by atoms with Crippen molar-refractivity contribution in [1.82, 2.24) is 14.6 Å². The van der Waals surface area contributed by atoms with Gasteiger partial charge in [0.1, 0.15) is 11.8 Å². The lowest BCUT2D eigenvalue weighted by atomic mass is 10.2. The predicted octanol–water partition coefficient (Wildman–Crippen LogP) is 0.417. The minimum Gasteiger partial charge on any atom is -0.469 e. The number of fused-ring (bicyclic) bond motifs is 1. The molecule has 0 fully saturated rings. The van der Waals surface area contributed by atoms with Gasteiger partial charge in [-0.25, -0.2) is 9.50 Å². The predicted molar refractivity (Wildman–Crippen MR) is 57.7 cm³/mol. The van der Waals surface area contributed by atoms with Crippen molar-refractivity contribution >= 4 is 17.3 Å². The highest BCUT2D eigenvalue weighted by atomic mass is 16.5. The van der Waals surface area contributed by atoms with Crippen LogP contribution >= 0.6 is 0 Å². The highest BCUT2D eigenvalue weighted by Gasteiger charge is 2.08. The van der Waals surface area contributed by atoms with E-state index in [0.29, 0.717) is 18.7 Å². The Bertz CT molecular complexity index is 521. The van der Waals surface area contributed by atoms with Gasteiger partial charge in [-0.15, -0.1) is 0 Å². The van der Waals surface area contributed by atoms with E-state index in [1.54, 1.807) is 4.52 Å². The number of nitrogens with zero attached hydrogens (tertiary/aromatic N) is 3. The van der Waals surface area contributed by atoms with E-state index < -0.39 is 0 Å². The SMILES string of the molecule is COC(=O)CCc1ccc2c(N)ncnn12. The second-order valence-electron chi connectivity index (χ2n) is 3.34. The average molecular weight is 220 g/mol. The molecule has 6 nitrogen and oxygen atoms in total. The van der Waals surface area contributed by atoms with Crippen molar-refractivity contribution in [3.05, 3.63) is 24.2 Å². The topological polar surface area (TPSA) is 82.5 Å². The summed E-state index contributed by atoms with van der Waals surface area (Å²) in [6.07, 6.45) is 2.29. The van der Waals surface area contributed by atoms with Crippen LogP contribution in [-0.4, -0.2) is 27.7 Å². The maximum atomic E-state index is 11.0. The summed E-state index contributed by atoms with van der Waals surface area (Å²) in [4.78, 5) is 14.9. The first-order chi connectivity index (χ1) is 7.72. The van der Waals surface area contributed by atoms with Crippen LogP contribution in [0.1, 0.15) is 12.1 Å². The van der Waals surface area contributed by atoms with Crippen molar-refractivity contribution < 1.29 is 9.53 Å². The zero-order valence-corrected chi connectivity index (χ0v) is 8.88. The van der Waals surface area contributed by atoms with Gasteiger partial charge < -0.3 is 10.5 Å². The molecule has 2 aromatic heterocycles. The van der Waals surface area contributed by atoms with Crippen molar-refractivity contribution in [3.63, 3.8) is 0 Å². The maximum absolute atomic E-state index is 11.0. The Balaban J connectivity index is 2.25. The van der Waals surface area contributed by atoms with Crippen molar-refractivity contribution in [1.29, 1.82) is 0 Å². The van der Waals surface area contributed by atoms with E-state index in [1.807, 2.05) is 12.1 Å². The lowest BCUT2D eigenvalue weighted by molar-refractivity contribution is -0.140. The third kappa shape index (κ3) is 1.81. The largest absolute Gasteiger partial charge is 0.469 e. The quantitative estimate of drug-likeness (QED) is 0.758. The van der Waals surface area contributed by atoms with Crippen LogP contribution in [0.15, 0.2) is 18.5 Å². The van der Waals surface area contributed by atoms with Crippen LogP contribution in [0.4, 0.5) is 5.82 Å². The van der Waals surface area contributed by atoms with E-state index in [4.69, 9.17) is 5.73 Å². The molecule has 2 rings (SSSR count). The van der Waals surface area contributed by atoms with Crippen LogP contribution in [0.3, 0.4) is 0 Å². The summed E-state index contributed by atoms with van der Waals surface area (Å²) in [5.74, 6) is 0.191. The standard InChI is InChI=1S/C10H12N4O2/c1-16-9(15)5-3-7-2-4-8-10(11)12-6-13-14(7)8/h2,4,6H,3,5H2,1H3,(H2,11,12,13). The summed E-state index contributed by atoms with van der Waals surface area (Å²) in [5.41, 5.74) is 7.35. The van der Waals surface area contributed by atoms with Crippen LogP contribution in [0.2, 0.25) is 0 Å². The number of aryl methyl sites for hydroxylation is 1. The number of nitrogens with two attached hydrogens (primary N) is 1. The number of methoxy groups -OCH3 is 1. The Kier molecular flexibility index (Phi) is 2.72. The van der Waals surface area contributed by atoms with Gasteiger partial charge in [0.15, 0.2) is 5.82 Å². The van der Waals surface area contributed by atoms with Crippen LogP contribution < -0.4 is 5.73 Å². The minimum atomic E-state index is -0.239. The van der Waals surface area contributed by atoms with Crippen LogP contribution in [0.5, 0.6) is 0 Å². The number of nitrogen functional groups attached to an aromatic ring is 1. The monoisotopic (exact) mass is 220 g/mol. The molecule has 2 aromatic rings. The summed E-state index contributed by atoms with van der Waals surface area (Å²) in [7, 11) is 1.37. The number of carbonyl (C=O) groups excluding carboxylic acids is 1. The van der Waals surface area contributed by atoms with E-state index in [9.17, 15) is 4.79 Å². The van der Waals surface area contributed by atoms with Crippen molar-refractivity contribution in [3.8, 4) is 0 Å². The van der Waals surface area contributed by atoms with Gasteiger partial charge >= 0.3 is 5.97 Å². The van der Waals surface area contributed by atoms with Gasteiger partial charge in [0.25, 0.3) is 0 Å². The van der Waals surface area contributed by atoms with Crippen LogP contribution in [-0.2, 0) is 16.0 Å². The number of carbonyl (C=O) groups is 1. The van der Waals surface area contributed by atoms with Crippen molar-refractivity contribution in [2.24, 2.45) is 0 Å². The number of hydrogen-bond donors (Lipinski definition) is 1. The second-order valence-corrected chi connectivity index (χ2v) is 3.34. The molecule has 2 heterocycles. The van der Waals surface area contributed by atoms with E-state index in [0.717, 1.165) is 11.2 Å². The fraction of sp³-hybridized carbons (Fsp3) is 0.300. The molecule has 2 N–H and O–H groups in total. The van der Waals surface area contributed by atoms with Gasteiger partial charge in [-0.3, -0.25) is 4.79 Å². The first-order valence-electron chi connectivity index (χ1n) is 4.86. The third-order valence-electron chi connectivity index (χ3n) is 2.37. The van der Waals surface area contributed by atoms with Gasteiger partial charge in [0.05, 0.1) is 13.5 Å². The molecule has 0 amide bonds. The van der Waals surface area contributed by atoms with Gasteiger partial charge in [-0.2, -0.15) is 5.10 Å². The molecule has 0 aliphatic heterocycles.